The van der Waals surface area contributed by atoms with Crippen LogP contribution in [0.2, 0.25) is 0 Å². The summed E-state index contributed by atoms with van der Waals surface area (Å²) in [6, 6.07) is 7.64. The molecule has 0 spiro atoms. The van der Waals surface area contributed by atoms with Crippen molar-refractivity contribution in [2.45, 2.75) is 44.9 Å². The highest BCUT2D eigenvalue weighted by Gasteiger charge is 2.32. The van der Waals surface area contributed by atoms with Gasteiger partial charge in [-0.3, -0.25) is 0 Å². The van der Waals surface area contributed by atoms with Crippen molar-refractivity contribution in [3.63, 3.8) is 0 Å². The first kappa shape index (κ1) is 22.1. The number of morpholine rings is 1. The first-order valence-corrected chi connectivity index (χ1v) is 13.0. The molecule has 2 fully saturated rings. The monoisotopic (exact) mass is 472 g/mol. The van der Waals surface area contributed by atoms with Crippen LogP contribution in [0.5, 0.6) is 0 Å². The van der Waals surface area contributed by atoms with Crippen molar-refractivity contribution in [3.05, 3.63) is 35.5 Å². The van der Waals surface area contributed by atoms with E-state index in [4.69, 9.17) is 14.7 Å². The summed E-state index contributed by atoms with van der Waals surface area (Å²) in [4.78, 5) is 23.8. The zero-order valence-electron chi connectivity index (χ0n) is 18.7. The van der Waals surface area contributed by atoms with E-state index in [9.17, 15) is 13.2 Å². The number of urea groups is 1. The minimum atomic E-state index is -3.37. The standard InChI is InChI=1S/C22H28N6O4S/c1-14-13-32-10-9-28(14)21-25-19-12-27(33(2,30)31)11-18(19)20(26-21)15-3-5-16(6-4-15)23-22(29)24-17-7-8-17/h3-6,14,17H,7-13H2,1-2H3,(H2,23,24,29). The van der Waals surface area contributed by atoms with Crippen LogP contribution in [0.1, 0.15) is 31.0 Å². The molecule has 0 radical (unpaired) electrons. The quantitative estimate of drug-likeness (QED) is 0.683. The summed E-state index contributed by atoms with van der Waals surface area (Å²) in [5.41, 5.74) is 3.79. The average molecular weight is 473 g/mol. The van der Waals surface area contributed by atoms with Crippen LogP contribution in [0, 0.1) is 0 Å². The molecule has 2 aromatic rings. The van der Waals surface area contributed by atoms with Gasteiger partial charge in [0.05, 0.1) is 43.4 Å². The van der Waals surface area contributed by atoms with Gasteiger partial charge in [0.25, 0.3) is 0 Å². The van der Waals surface area contributed by atoms with Crippen LogP contribution in [-0.2, 0) is 27.8 Å². The maximum atomic E-state index is 12.2. The van der Waals surface area contributed by atoms with Gasteiger partial charge in [-0.15, -0.1) is 0 Å². The molecule has 1 aromatic heterocycles. The normalized spacial score (nSPS) is 21.0. The van der Waals surface area contributed by atoms with Crippen molar-refractivity contribution in [1.82, 2.24) is 19.6 Å². The lowest BCUT2D eigenvalue weighted by atomic mass is 10.1. The Hall–Kier alpha value is -2.76. The SMILES string of the molecule is CC1COCCN1c1nc2c(c(-c3ccc(NC(=O)NC4CC4)cc3)n1)CN(S(C)(=O)=O)C2. The molecule has 2 N–H and O–H groups in total. The number of ether oxygens (including phenoxy) is 1. The van der Waals surface area contributed by atoms with Gasteiger partial charge in [-0.2, -0.15) is 4.31 Å². The van der Waals surface area contributed by atoms with Crippen LogP contribution >= 0.6 is 0 Å². The van der Waals surface area contributed by atoms with Crippen molar-refractivity contribution in [3.8, 4) is 11.3 Å². The summed E-state index contributed by atoms with van der Waals surface area (Å²) < 4.78 is 31.4. The van der Waals surface area contributed by atoms with E-state index in [0.29, 0.717) is 37.1 Å². The zero-order chi connectivity index (χ0) is 23.2. The third kappa shape index (κ3) is 4.80. The Bertz CT molecular complexity index is 1170. The van der Waals surface area contributed by atoms with Gasteiger partial charge < -0.3 is 20.3 Å². The number of nitrogens with one attached hydrogen (secondary N) is 2. The van der Waals surface area contributed by atoms with E-state index in [1.165, 1.54) is 10.6 Å². The lowest BCUT2D eigenvalue weighted by Gasteiger charge is -2.33. The first-order valence-electron chi connectivity index (χ1n) is 11.1. The van der Waals surface area contributed by atoms with E-state index >= 15 is 0 Å². The Morgan fingerprint density at radius 1 is 1.15 bits per heavy atom. The molecule has 10 nitrogen and oxygen atoms in total. The van der Waals surface area contributed by atoms with Gasteiger partial charge in [-0.05, 0) is 31.9 Å². The number of amides is 2. The van der Waals surface area contributed by atoms with Crippen molar-refractivity contribution in [2.24, 2.45) is 0 Å². The molecule has 3 aliphatic rings. The molecule has 1 unspecified atom stereocenters. The third-order valence-electron chi connectivity index (χ3n) is 6.16. The van der Waals surface area contributed by atoms with E-state index < -0.39 is 10.0 Å². The Balaban J connectivity index is 1.47. The van der Waals surface area contributed by atoms with E-state index in [1.807, 2.05) is 24.3 Å². The van der Waals surface area contributed by atoms with E-state index in [1.54, 1.807) is 0 Å². The molecule has 0 bridgehead atoms. The van der Waals surface area contributed by atoms with Crippen molar-refractivity contribution >= 4 is 27.7 Å². The lowest BCUT2D eigenvalue weighted by molar-refractivity contribution is 0.0981. The highest BCUT2D eigenvalue weighted by molar-refractivity contribution is 7.88. The molecule has 1 saturated heterocycles. The number of nitrogens with zero attached hydrogens (tertiary/aromatic N) is 4. The van der Waals surface area contributed by atoms with Gasteiger partial charge in [0, 0.05) is 35.9 Å². The van der Waals surface area contributed by atoms with Crippen LogP contribution < -0.4 is 15.5 Å². The van der Waals surface area contributed by atoms with Crippen LogP contribution in [0.4, 0.5) is 16.4 Å². The number of hydrogen-bond donors (Lipinski definition) is 2. The van der Waals surface area contributed by atoms with E-state index in [2.05, 4.69) is 22.5 Å². The highest BCUT2D eigenvalue weighted by Crippen LogP contribution is 2.34. The fraction of sp³-hybridized carbons (Fsp3) is 0.500. The van der Waals surface area contributed by atoms with Gasteiger partial charge in [-0.1, -0.05) is 12.1 Å². The summed E-state index contributed by atoms with van der Waals surface area (Å²) in [5, 5.41) is 5.75. The molecule has 1 aliphatic carbocycles. The summed E-state index contributed by atoms with van der Waals surface area (Å²) in [7, 11) is -3.37. The number of anilines is 2. The number of carbonyl (C=O) groups excluding carboxylic acids is 1. The highest BCUT2D eigenvalue weighted by atomic mass is 32.2. The second-order valence-corrected chi connectivity index (χ2v) is 10.9. The minimum Gasteiger partial charge on any atom is -0.377 e. The molecule has 1 aromatic carbocycles. The maximum Gasteiger partial charge on any atom is 0.319 e. The van der Waals surface area contributed by atoms with Gasteiger partial charge in [-0.25, -0.2) is 23.2 Å². The van der Waals surface area contributed by atoms with Crippen molar-refractivity contribution < 1.29 is 17.9 Å². The molecular formula is C22H28N6O4S. The maximum absolute atomic E-state index is 12.2. The Morgan fingerprint density at radius 2 is 1.91 bits per heavy atom. The third-order valence-corrected chi connectivity index (χ3v) is 7.36. The Morgan fingerprint density at radius 3 is 2.58 bits per heavy atom. The van der Waals surface area contributed by atoms with Crippen LogP contribution in [0.25, 0.3) is 11.3 Å². The lowest BCUT2D eigenvalue weighted by Crippen LogP contribution is -2.44. The average Bonchev–Trinajstić information content (AvgIpc) is 3.46. The smallest absolute Gasteiger partial charge is 0.319 e. The first-order chi connectivity index (χ1) is 15.8. The van der Waals surface area contributed by atoms with E-state index in [-0.39, 0.29) is 31.2 Å². The molecule has 5 rings (SSSR count). The number of hydrogen-bond acceptors (Lipinski definition) is 7. The molecular weight excluding hydrogens is 444 g/mol. The fourth-order valence-electron chi connectivity index (χ4n) is 4.13. The number of benzene rings is 1. The molecule has 1 saturated carbocycles. The molecule has 33 heavy (non-hydrogen) atoms. The Kier molecular flexibility index (Phi) is 5.71. The van der Waals surface area contributed by atoms with Crippen LogP contribution in [0.15, 0.2) is 24.3 Å². The van der Waals surface area contributed by atoms with Gasteiger partial charge in [0.15, 0.2) is 0 Å². The van der Waals surface area contributed by atoms with Crippen LogP contribution in [-0.4, -0.2) is 66.8 Å². The largest absolute Gasteiger partial charge is 0.377 e. The summed E-state index contributed by atoms with van der Waals surface area (Å²) in [5.74, 6) is 0.584. The molecule has 11 heteroatoms. The second-order valence-electron chi connectivity index (χ2n) is 8.90. The fourth-order valence-corrected chi connectivity index (χ4v) is 4.85. The summed E-state index contributed by atoms with van der Waals surface area (Å²) >= 11 is 0. The molecule has 3 heterocycles. The van der Waals surface area contributed by atoms with Gasteiger partial charge >= 0.3 is 6.03 Å². The number of fused-ring (bicyclic) bond motifs is 1. The van der Waals surface area contributed by atoms with Gasteiger partial charge in [0.2, 0.25) is 16.0 Å². The number of sulfonamides is 1. The predicted octanol–water partition coefficient (Wildman–Crippen LogP) is 1.93. The Labute approximate surface area is 193 Å². The van der Waals surface area contributed by atoms with Crippen LogP contribution in [0.3, 0.4) is 0 Å². The zero-order valence-corrected chi connectivity index (χ0v) is 19.6. The molecule has 1 atom stereocenters. The van der Waals surface area contributed by atoms with Gasteiger partial charge in [0.1, 0.15) is 0 Å². The number of aromatic nitrogens is 2. The number of carbonyl (C=O) groups is 1. The molecule has 2 aliphatic heterocycles. The molecule has 2 amide bonds. The predicted molar refractivity (Wildman–Crippen MR) is 124 cm³/mol. The number of rotatable bonds is 5. The summed E-state index contributed by atoms with van der Waals surface area (Å²) in [6.45, 7) is 4.40. The second kappa shape index (κ2) is 8.54. The van der Waals surface area contributed by atoms with E-state index in [0.717, 1.165) is 29.7 Å². The summed E-state index contributed by atoms with van der Waals surface area (Å²) in [6.07, 6.45) is 3.27. The van der Waals surface area contributed by atoms with Crippen molar-refractivity contribution in [1.29, 1.82) is 0 Å². The van der Waals surface area contributed by atoms with Crippen molar-refractivity contribution in [2.75, 3.05) is 36.2 Å². The topological polar surface area (TPSA) is 117 Å². The minimum absolute atomic E-state index is 0.119. The molecule has 176 valence electrons.